The Morgan fingerprint density at radius 3 is 2.81 bits per heavy atom. The van der Waals surface area contributed by atoms with Gasteiger partial charge in [-0.25, -0.2) is 24.3 Å². The summed E-state index contributed by atoms with van der Waals surface area (Å²) in [5.74, 6) is 6.33. The van der Waals surface area contributed by atoms with Gasteiger partial charge < -0.3 is 20.9 Å². The number of nitrogens with two attached hydrogens (primary N) is 2. The predicted molar refractivity (Wildman–Crippen MR) is 120 cm³/mol. The summed E-state index contributed by atoms with van der Waals surface area (Å²) in [4.78, 5) is 21.3. The number of ether oxygens (including phenoxy) is 1. The second kappa shape index (κ2) is 8.76. The van der Waals surface area contributed by atoms with Crippen molar-refractivity contribution in [2.75, 3.05) is 12.8 Å². The fourth-order valence-electron chi connectivity index (χ4n) is 3.31. The van der Waals surface area contributed by atoms with Crippen LogP contribution in [0.15, 0.2) is 53.1 Å². The van der Waals surface area contributed by atoms with E-state index in [1.165, 1.54) is 25.7 Å². The molecule has 1 aromatic carbocycles. The molecule has 3 aromatic heterocycles. The molecule has 0 saturated carbocycles. The number of para-hydroxylation sites is 1. The van der Waals surface area contributed by atoms with Crippen LogP contribution in [0, 0.1) is 12.7 Å². The van der Waals surface area contributed by atoms with E-state index in [4.69, 9.17) is 16.3 Å². The van der Waals surface area contributed by atoms with Crippen LogP contribution < -0.4 is 16.3 Å². The SMILES string of the molecule is COc1ncncc1-c1cn(CC(C=Nc2ccccc2F)=NN)c2nc(C)nc(N)c12. The zero-order valence-corrected chi connectivity index (χ0v) is 17.4. The highest BCUT2D eigenvalue weighted by molar-refractivity contribution is 6.31. The van der Waals surface area contributed by atoms with E-state index in [0.717, 1.165) is 0 Å². The molecule has 0 amide bonds. The number of nitrogen functional groups attached to an aromatic ring is 1. The molecule has 10 nitrogen and oxygen atoms in total. The second-order valence-corrected chi connectivity index (χ2v) is 6.80. The molecule has 0 bridgehead atoms. The van der Waals surface area contributed by atoms with E-state index in [0.29, 0.717) is 45.4 Å². The monoisotopic (exact) mass is 433 g/mol. The molecule has 4 rings (SSSR count). The molecule has 0 aliphatic heterocycles. The molecular weight excluding hydrogens is 413 g/mol. The molecule has 4 N–H and O–H groups in total. The standard InChI is InChI=1S/C21H20FN9O/c1-12-28-19(23)18-15(14-8-25-11-27-21(14)32-2)10-31(20(18)29-12)9-13(30-24)7-26-17-6-4-3-5-16(17)22/h3-8,10-11H,9,24H2,1-2H3,(H2,23,28,29). The number of halogens is 1. The maximum atomic E-state index is 13.9. The van der Waals surface area contributed by atoms with Gasteiger partial charge >= 0.3 is 0 Å². The molecule has 0 radical (unpaired) electrons. The van der Waals surface area contributed by atoms with Crippen molar-refractivity contribution in [1.29, 1.82) is 0 Å². The second-order valence-electron chi connectivity index (χ2n) is 6.80. The van der Waals surface area contributed by atoms with Crippen LogP contribution in [0.2, 0.25) is 0 Å². The third-order valence-electron chi connectivity index (χ3n) is 4.72. The van der Waals surface area contributed by atoms with Crippen LogP contribution >= 0.6 is 0 Å². The Morgan fingerprint density at radius 2 is 2.06 bits per heavy atom. The first-order valence-corrected chi connectivity index (χ1v) is 9.54. The molecule has 32 heavy (non-hydrogen) atoms. The van der Waals surface area contributed by atoms with Gasteiger partial charge in [-0.1, -0.05) is 12.1 Å². The lowest BCUT2D eigenvalue weighted by atomic mass is 10.1. The lowest BCUT2D eigenvalue weighted by Gasteiger charge is -2.06. The summed E-state index contributed by atoms with van der Waals surface area (Å²) in [5.41, 5.74) is 8.70. The van der Waals surface area contributed by atoms with E-state index in [-0.39, 0.29) is 12.2 Å². The zero-order chi connectivity index (χ0) is 22.7. The van der Waals surface area contributed by atoms with Crippen molar-refractivity contribution in [3.63, 3.8) is 0 Å². The first kappa shape index (κ1) is 20.8. The minimum absolute atomic E-state index is 0.181. The van der Waals surface area contributed by atoms with E-state index in [2.05, 4.69) is 30.0 Å². The van der Waals surface area contributed by atoms with Gasteiger partial charge in [0.2, 0.25) is 5.88 Å². The van der Waals surface area contributed by atoms with Crippen LogP contribution in [0.4, 0.5) is 15.9 Å². The van der Waals surface area contributed by atoms with Crippen LogP contribution in [-0.2, 0) is 6.54 Å². The van der Waals surface area contributed by atoms with Gasteiger partial charge in [0.25, 0.3) is 0 Å². The number of aliphatic imine (C=N–C) groups is 1. The summed E-state index contributed by atoms with van der Waals surface area (Å²) in [6.07, 6.45) is 6.25. The average Bonchev–Trinajstić information content (AvgIpc) is 3.15. The van der Waals surface area contributed by atoms with Crippen molar-refractivity contribution in [2.45, 2.75) is 13.5 Å². The summed E-state index contributed by atoms with van der Waals surface area (Å²) in [6, 6.07) is 6.17. The maximum absolute atomic E-state index is 13.9. The third-order valence-corrected chi connectivity index (χ3v) is 4.72. The highest BCUT2D eigenvalue weighted by Crippen LogP contribution is 2.36. The number of aryl methyl sites for hydroxylation is 1. The smallest absolute Gasteiger partial charge is 0.224 e. The van der Waals surface area contributed by atoms with E-state index < -0.39 is 5.82 Å². The molecule has 0 aliphatic carbocycles. The van der Waals surface area contributed by atoms with Gasteiger partial charge in [0, 0.05) is 18.0 Å². The molecule has 0 aliphatic rings. The maximum Gasteiger partial charge on any atom is 0.224 e. The Balaban J connectivity index is 1.80. The molecule has 4 aromatic rings. The van der Waals surface area contributed by atoms with Gasteiger partial charge in [0.15, 0.2) is 0 Å². The van der Waals surface area contributed by atoms with Crippen LogP contribution in [0.5, 0.6) is 5.88 Å². The van der Waals surface area contributed by atoms with Crippen LogP contribution in [0.25, 0.3) is 22.2 Å². The largest absolute Gasteiger partial charge is 0.480 e. The normalized spacial score (nSPS) is 12.0. The number of anilines is 1. The predicted octanol–water partition coefficient (Wildman–Crippen LogP) is 2.64. The quantitative estimate of drug-likeness (QED) is 0.270. The Labute approximate surface area is 182 Å². The number of methoxy groups -OCH3 is 1. The number of rotatable bonds is 6. The first-order valence-electron chi connectivity index (χ1n) is 9.54. The van der Waals surface area contributed by atoms with E-state index >= 15 is 0 Å². The molecule has 0 spiro atoms. The Hall–Kier alpha value is -4.41. The average molecular weight is 433 g/mol. The molecule has 3 heterocycles. The van der Waals surface area contributed by atoms with Crippen molar-refractivity contribution in [1.82, 2.24) is 24.5 Å². The number of aromatic nitrogens is 5. The highest BCUT2D eigenvalue weighted by atomic mass is 19.1. The van der Waals surface area contributed by atoms with Gasteiger partial charge in [0.1, 0.15) is 29.4 Å². The minimum Gasteiger partial charge on any atom is -0.480 e. The van der Waals surface area contributed by atoms with Crippen molar-refractivity contribution < 1.29 is 9.13 Å². The number of hydrogen-bond donors (Lipinski definition) is 2. The summed E-state index contributed by atoms with van der Waals surface area (Å²) in [5, 5.41) is 4.41. The number of nitrogens with zero attached hydrogens (tertiary/aromatic N) is 7. The lowest BCUT2D eigenvalue weighted by molar-refractivity contribution is 0.398. The highest BCUT2D eigenvalue weighted by Gasteiger charge is 2.20. The van der Waals surface area contributed by atoms with Crippen molar-refractivity contribution in [3.05, 3.63) is 54.6 Å². The van der Waals surface area contributed by atoms with Crippen molar-refractivity contribution in [3.8, 4) is 17.0 Å². The van der Waals surface area contributed by atoms with Gasteiger partial charge in [0.05, 0.1) is 42.2 Å². The number of hydrazone groups is 1. The number of benzene rings is 1. The zero-order valence-electron chi connectivity index (χ0n) is 17.4. The number of hydrogen-bond acceptors (Lipinski definition) is 9. The van der Waals surface area contributed by atoms with Crippen molar-refractivity contribution >= 4 is 34.5 Å². The summed E-state index contributed by atoms with van der Waals surface area (Å²) in [7, 11) is 1.52. The fraction of sp³-hybridized carbons (Fsp3) is 0.143. The summed E-state index contributed by atoms with van der Waals surface area (Å²) < 4.78 is 21.1. The molecule has 162 valence electrons. The Morgan fingerprint density at radius 1 is 1.25 bits per heavy atom. The third kappa shape index (κ3) is 3.95. The van der Waals surface area contributed by atoms with Gasteiger partial charge in [-0.05, 0) is 19.1 Å². The topological polar surface area (TPSA) is 142 Å². The number of fused-ring (bicyclic) bond motifs is 1. The first-order chi connectivity index (χ1) is 15.5. The molecule has 0 unspecified atom stereocenters. The molecule has 0 fully saturated rings. The molecule has 0 saturated heterocycles. The van der Waals surface area contributed by atoms with E-state index in [9.17, 15) is 4.39 Å². The van der Waals surface area contributed by atoms with Crippen molar-refractivity contribution in [2.24, 2.45) is 15.9 Å². The fourth-order valence-corrected chi connectivity index (χ4v) is 3.31. The molecule has 0 atom stereocenters. The van der Waals surface area contributed by atoms with Gasteiger partial charge in [-0.2, -0.15) is 5.10 Å². The summed E-state index contributed by atoms with van der Waals surface area (Å²) in [6.45, 7) is 1.95. The minimum atomic E-state index is -0.443. The van der Waals surface area contributed by atoms with Crippen LogP contribution in [-0.4, -0.2) is 43.5 Å². The Bertz CT molecular complexity index is 1350. The Kier molecular flexibility index (Phi) is 5.71. The summed E-state index contributed by atoms with van der Waals surface area (Å²) >= 11 is 0. The van der Waals surface area contributed by atoms with Crippen LogP contribution in [0.1, 0.15) is 5.82 Å². The molecule has 11 heteroatoms. The lowest BCUT2D eigenvalue weighted by Crippen LogP contribution is -2.13. The molecular formula is C21H20FN9O. The van der Waals surface area contributed by atoms with E-state index in [1.54, 1.807) is 35.9 Å². The van der Waals surface area contributed by atoms with Gasteiger partial charge in [-0.3, -0.25) is 4.99 Å². The van der Waals surface area contributed by atoms with Gasteiger partial charge in [-0.15, -0.1) is 0 Å². The van der Waals surface area contributed by atoms with Crippen LogP contribution in [0.3, 0.4) is 0 Å². The van der Waals surface area contributed by atoms with E-state index in [1.807, 2.05) is 6.20 Å².